The molecule has 0 saturated carbocycles. The van der Waals surface area contributed by atoms with Crippen LogP contribution in [0.5, 0.6) is 11.5 Å². The van der Waals surface area contributed by atoms with Crippen molar-refractivity contribution in [2.24, 2.45) is 5.92 Å². The molecule has 1 aromatic carbocycles. The molecule has 0 spiro atoms. The van der Waals surface area contributed by atoms with Crippen LogP contribution in [0.1, 0.15) is 12.8 Å². The first-order valence-electron chi connectivity index (χ1n) is 8.73. The summed E-state index contributed by atoms with van der Waals surface area (Å²) in [5, 5.41) is 12.4. The molecule has 2 aliphatic rings. The molecule has 0 radical (unpaired) electrons. The van der Waals surface area contributed by atoms with Gasteiger partial charge in [-0.2, -0.15) is 0 Å². The molecule has 1 aromatic rings. The summed E-state index contributed by atoms with van der Waals surface area (Å²) in [4.78, 5) is 26.2. The zero-order valence-corrected chi connectivity index (χ0v) is 14.8. The number of fused-ring (bicyclic) bond motifs is 1. The lowest BCUT2D eigenvalue weighted by molar-refractivity contribution is -0.126. The van der Waals surface area contributed by atoms with Gasteiger partial charge in [-0.3, -0.25) is 9.59 Å². The highest BCUT2D eigenvalue weighted by molar-refractivity contribution is 6.00. The average molecular weight is 364 g/mol. The Bertz CT molecular complexity index is 665. The Kier molecular flexibility index (Phi) is 5.95. The van der Waals surface area contributed by atoms with Crippen molar-refractivity contribution in [2.75, 3.05) is 44.9 Å². The highest BCUT2D eigenvalue weighted by Gasteiger charge is 2.35. The first-order valence-corrected chi connectivity index (χ1v) is 8.73. The zero-order valence-electron chi connectivity index (χ0n) is 14.8. The van der Waals surface area contributed by atoms with Crippen molar-refractivity contribution in [1.82, 2.24) is 5.32 Å². The maximum Gasteiger partial charge on any atom is 0.227 e. The van der Waals surface area contributed by atoms with Gasteiger partial charge >= 0.3 is 0 Å². The van der Waals surface area contributed by atoms with Gasteiger partial charge in [0.1, 0.15) is 13.2 Å². The standard InChI is InChI=1S/C18H24N2O6/c1-24-11-14(21)4-5-19-18(23)12-8-17(22)20(10-12)13-2-3-15-16(9-13)26-7-6-25-15/h2-3,9,12,14,21H,4-8,10-11H2,1H3,(H,19,23)/t12-,14-/m1/s1. The molecule has 8 nitrogen and oxygen atoms in total. The minimum Gasteiger partial charge on any atom is -0.486 e. The van der Waals surface area contributed by atoms with Crippen LogP contribution >= 0.6 is 0 Å². The fourth-order valence-corrected chi connectivity index (χ4v) is 3.11. The molecule has 0 aliphatic carbocycles. The molecule has 2 amide bonds. The highest BCUT2D eigenvalue weighted by atomic mass is 16.6. The SMILES string of the molecule is COC[C@H](O)CCNC(=O)[C@@H]1CC(=O)N(c2ccc3c(c2)OCCO3)C1. The lowest BCUT2D eigenvalue weighted by Crippen LogP contribution is -2.35. The number of hydrogen-bond acceptors (Lipinski definition) is 6. The summed E-state index contributed by atoms with van der Waals surface area (Å²) in [6.45, 7) is 1.89. The van der Waals surface area contributed by atoms with E-state index in [1.165, 1.54) is 7.11 Å². The predicted octanol–water partition coefficient (Wildman–Crippen LogP) is 0.324. The Hall–Kier alpha value is -2.32. The normalized spacial score (nSPS) is 20.2. The number of anilines is 1. The Morgan fingerprint density at radius 3 is 2.92 bits per heavy atom. The number of carbonyl (C=O) groups excluding carboxylic acids is 2. The fraction of sp³-hybridized carbons (Fsp3) is 0.556. The van der Waals surface area contributed by atoms with Crippen LogP contribution in [0, 0.1) is 5.92 Å². The number of aliphatic hydroxyl groups excluding tert-OH is 1. The van der Waals surface area contributed by atoms with Crippen LogP contribution in [0.3, 0.4) is 0 Å². The number of benzene rings is 1. The number of rotatable bonds is 7. The summed E-state index contributed by atoms with van der Waals surface area (Å²) in [6, 6.07) is 5.35. The molecule has 142 valence electrons. The fourth-order valence-electron chi connectivity index (χ4n) is 3.11. The third-order valence-electron chi connectivity index (χ3n) is 4.47. The quantitative estimate of drug-likeness (QED) is 0.723. The number of nitrogens with zero attached hydrogens (tertiary/aromatic N) is 1. The van der Waals surface area contributed by atoms with Crippen LogP contribution in [0.15, 0.2) is 18.2 Å². The third-order valence-corrected chi connectivity index (χ3v) is 4.47. The van der Waals surface area contributed by atoms with Gasteiger partial charge in [-0.15, -0.1) is 0 Å². The Morgan fingerprint density at radius 1 is 1.38 bits per heavy atom. The van der Waals surface area contributed by atoms with Gasteiger partial charge in [0.05, 0.1) is 18.6 Å². The number of ether oxygens (including phenoxy) is 3. The highest BCUT2D eigenvalue weighted by Crippen LogP contribution is 2.35. The first-order chi connectivity index (χ1) is 12.6. The van der Waals surface area contributed by atoms with E-state index in [1.54, 1.807) is 23.1 Å². The summed E-state index contributed by atoms with van der Waals surface area (Å²) in [6.07, 6.45) is -0.0350. The van der Waals surface area contributed by atoms with Crippen molar-refractivity contribution >= 4 is 17.5 Å². The van der Waals surface area contributed by atoms with Crippen LogP contribution in [-0.4, -0.2) is 63.0 Å². The Balaban J connectivity index is 1.56. The minimum absolute atomic E-state index is 0.0961. The molecule has 1 saturated heterocycles. The molecule has 0 aromatic heterocycles. The Labute approximate surface area is 152 Å². The van der Waals surface area contributed by atoms with E-state index in [9.17, 15) is 14.7 Å². The van der Waals surface area contributed by atoms with Gasteiger partial charge in [-0.05, 0) is 18.6 Å². The monoisotopic (exact) mass is 364 g/mol. The maximum absolute atomic E-state index is 12.3. The second-order valence-corrected chi connectivity index (χ2v) is 6.42. The lowest BCUT2D eigenvalue weighted by Gasteiger charge is -2.22. The maximum atomic E-state index is 12.3. The van der Waals surface area contributed by atoms with E-state index in [0.717, 1.165) is 0 Å². The lowest BCUT2D eigenvalue weighted by atomic mass is 10.1. The van der Waals surface area contributed by atoms with Crippen molar-refractivity contribution in [2.45, 2.75) is 18.9 Å². The van der Waals surface area contributed by atoms with Gasteiger partial charge in [-0.25, -0.2) is 0 Å². The molecule has 2 heterocycles. The molecule has 0 unspecified atom stereocenters. The van der Waals surface area contributed by atoms with Crippen LogP contribution < -0.4 is 19.7 Å². The molecule has 8 heteroatoms. The van der Waals surface area contributed by atoms with Gasteiger partial charge in [0.25, 0.3) is 0 Å². The number of nitrogens with one attached hydrogen (secondary N) is 1. The van der Waals surface area contributed by atoms with Crippen molar-refractivity contribution in [3.05, 3.63) is 18.2 Å². The summed E-state index contributed by atoms with van der Waals surface area (Å²) < 4.78 is 15.9. The Morgan fingerprint density at radius 2 is 2.15 bits per heavy atom. The summed E-state index contributed by atoms with van der Waals surface area (Å²) in [5.41, 5.74) is 0.699. The van der Waals surface area contributed by atoms with E-state index in [2.05, 4.69) is 5.32 Å². The molecular formula is C18H24N2O6. The summed E-state index contributed by atoms with van der Waals surface area (Å²) in [5.74, 6) is 0.594. The van der Waals surface area contributed by atoms with Gasteiger partial charge in [-0.1, -0.05) is 0 Å². The molecule has 0 bridgehead atoms. The number of hydrogen-bond donors (Lipinski definition) is 2. The van der Waals surface area contributed by atoms with Gasteiger partial charge < -0.3 is 29.5 Å². The topological polar surface area (TPSA) is 97.3 Å². The van der Waals surface area contributed by atoms with Crippen LogP contribution in [0.25, 0.3) is 0 Å². The second kappa shape index (κ2) is 8.37. The van der Waals surface area contributed by atoms with E-state index >= 15 is 0 Å². The minimum atomic E-state index is -0.611. The second-order valence-electron chi connectivity index (χ2n) is 6.42. The molecule has 2 N–H and O–H groups in total. The molecule has 1 fully saturated rings. The predicted molar refractivity (Wildman–Crippen MR) is 93.4 cm³/mol. The van der Waals surface area contributed by atoms with Gasteiger partial charge in [0.2, 0.25) is 11.8 Å². The smallest absolute Gasteiger partial charge is 0.227 e. The largest absolute Gasteiger partial charge is 0.486 e. The molecule has 26 heavy (non-hydrogen) atoms. The van der Waals surface area contributed by atoms with E-state index in [4.69, 9.17) is 14.2 Å². The van der Waals surface area contributed by atoms with Crippen LogP contribution in [0.4, 0.5) is 5.69 Å². The molecule has 3 rings (SSSR count). The van der Waals surface area contributed by atoms with Crippen LogP contribution in [0.2, 0.25) is 0 Å². The third kappa shape index (κ3) is 4.25. The number of methoxy groups -OCH3 is 1. The van der Waals surface area contributed by atoms with Gasteiger partial charge in [0, 0.05) is 38.4 Å². The van der Waals surface area contributed by atoms with Crippen LogP contribution in [-0.2, 0) is 14.3 Å². The molecule has 2 aliphatic heterocycles. The number of amides is 2. The summed E-state index contributed by atoms with van der Waals surface area (Å²) in [7, 11) is 1.51. The van der Waals surface area contributed by atoms with Crippen molar-refractivity contribution in [1.29, 1.82) is 0 Å². The first kappa shape index (κ1) is 18.5. The molecular weight excluding hydrogens is 340 g/mol. The molecule has 2 atom stereocenters. The van der Waals surface area contributed by atoms with Crippen molar-refractivity contribution < 1.29 is 28.9 Å². The van der Waals surface area contributed by atoms with Crippen molar-refractivity contribution in [3.63, 3.8) is 0 Å². The van der Waals surface area contributed by atoms with E-state index in [0.29, 0.717) is 49.9 Å². The van der Waals surface area contributed by atoms with Gasteiger partial charge in [0.15, 0.2) is 11.5 Å². The number of aliphatic hydroxyl groups is 1. The number of carbonyl (C=O) groups is 2. The van der Waals surface area contributed by atoms with Crippen molar-refractivity contribution in [3.8, 4) is 11.5 Å². The van der Waals surface area contributed by atoms with E-state index < -0.39 is 12.0 Å². The zero-order chi connectivity index (χ0) is 18.5. The summed E-state index contributed by atoms with van der Waals surface area (Å²) >= 11 is 0. The van der Waals surface area contributed by atoms with E-state index in [1.807, 2.05) is 0 Å². The average Bonchev–Trinajstić information content (AvgIpc) is 3.03. The van der Waals surface area contributed by atoms with E-state index in [-0.39, 0.29) is 24.8 Å².